The molecule has 1 aliphatic heterocycles. The number of hydrogen-bond acceptors (Lipinski definition) is 4. The standard InChI is InChI=1S/C18H18Cl2N2O4S/c19-13-8-14(20)10-16(9-13)26-12-18(23)21-15-4-3-5-17(11-15)27(24,25)22-6-1-2-7-22/h3-5,8-11H,1-2,6-7,12H2,(H,21,23). The molecule has 6 nitrogen and oxygen atoms in total. The fourth-order valence-corrected chi connectivity index (χ4v) is 4.84. The van der Waals surface area contributed by atoms with Crippen LogP contribution >= 0.6 is 23.2 Å². The largest absolute Gasteiger partial charge is 0.484 e. The van der Waals surface area contributed by atoms with E-state index in [1.54, 1.807) is 30.3 Å². The van der Waals surface area contributed by atoms with Gasteiger partial charge in [-0.15, -0.1) is 0 Å². The molecule has 2 aromatic rings. The molecule has 9 heteroatoms. The normalized spacial score (nSPS) is 14.9. The van der Waals surface area contributed by atoms with Gasteiger partial charge in [-0.25, -0.2) is 8.42 Å². The van der Waals surface area contributed by atoms with E-state index < -0.39 is 15.9 Å². The molecule has 144 valence electrons. The third-order valence-electron chi connectivity index (χ3n) is 4.03. The van der Waals surface area contributed by atoms with Crippen LogP contribution in [-0.4, -0.2) is 38.3 Å². The van der Waals surface area contributed by atoms with Gasteiger partial charge in [-0.05, 0) is 49.2 Å². The molecule has 1 N–H and O–H groups in total. The van der Waals surface area contributed by atoms with Crippen molar-refractivity contribution in [2.45, 2.75) is 17.7 Å². The second kappa shape index (κ2) is 8.48. The third-order valence-corrected chi connectivity index (χ3v) is 6.36. The van der Waals surface area contributed by atoms with Crippen LogP contribution in [0.2, 0.25) is 10.0 Å². The lowest BCUT2D eigenvalue weighted by Crippen LogP contribution is -2.28. The summed E-state index contributed by atoms with van der Waals surface area (Å²) in [6, 6.07) is 10.8. The average Bonchev–Trinajstić information content (AvgIpc) is 3.15. The van der Waals surface area contributed by atoms with Gasteiger partial charge in [-0.2, -0.15) is 4.31 Å². The Balaban J connectivity index is 1.64. The van der Waals surface area contributed by atoms with E-state index >= 15 is 0 Å². The highest BCUT2D eigenvalue weighted by Crippen LogP contribution is 2.25. The van der Waals surface area contributed by atoms with Crippen molar-refractivity contribution in [1.29, 1.82) is 0 Å². The first-order chi connectivity index (χ1) is 12.8. The van der Waals surface area contributed by atoms with Gasteiger partial charge in [0.15, 0.2) is 6.61 Å². The molecule has 1 saturated heterocycles. The van der Waals surface area contributed by atoms with Crippen molar-refractivity contribution >= 4 is 44.8 Å². The predicted octanol–water partition coefficient (Wildman–Crippen LogP) is 3.80. The second-order valence-corrected chi connectivity index (χ2v) is 8.89. The minimum absolute atomic E-state index is 0.157. The number of sulfonamides is 1. The van der Waals surface area contributed by atoms with E-state index in [-0.39, 0.29) is 11.5 Å². The molecular weight excluding hydrogens is 411 g/mol. The summed E-state index contributed by atoms with van der Waals surface area (Å²) >= 11 is 11.8. The molecule has 0 unspecified atom stereocenters. The van der Waals surface area contributed by atoms with Gasteiger partial charge in [0.25, 0.3) is 5.91 Å². The molecule has 0 bridgehead atoms. The summed E-state index contributed by atoms with van der Waals surface area (Å²) in [5.41, 5.74) is 0.382. The number of carbonyl (C=O) groups is 1. The van der Waals surface area contributed by atoms with Gasteiger partial charge in [-0.3, -0.25) is 4.79 Å². The Hall–Kier alpha value is -1.80. The molecular formula is C18H18Cl2N2O4S. The highest BCUT2D eigenvalue weighted by atomic mass is 35.5. The Labute approximate surface area is 168 Å². The zero-order valence-electron chi connectivity index (χ0n) is 14.3. The highest BCUT2D eigenvalue weighted by molar-refractivity contribution is 7.89. The number of amides is 1. The van der Waals surface area contributed by atoms with Crippen LogP contribution in [0.3, 0.4) is 0 Å². The van der Waals surface area contributed by atoms with Crippen molar-refractivity contribution in [2.75, 3.05) is 25.0 Å². The number of nitrogens with zero attached hydrogens (tertiary/aromatic N) is 1. The number of ether oxygens (including phenoxy) is 1. The lowest BCUT2D eigenvalue weighted by molar-refractivity contribution is -0.118. The fourth-order valence-electron chi connectivity index (χ4n) is 2.77. The number of halogens is 2. The van der Waals surface area contributed by atoms with Crippen LogP contribution in [0.1, 0.15) is 12.8 Å². The van der Waals surface area contributed by atoms with Crippen LogP contribution < -0.4 is 10.1 Å². The Bertz CT molecular complexity index is 924. The van der Waals surface area contributed by atoms with Gasteiger partial charge < -0.3 is 10.1 Å². The second-order valence-electron chi connectivity index (χ2n) is 6.08. The van der Waals surface area contributed by atoms with E-state index in [4.69, 9.17) is 27.9 Å². The molecule has 0 radical (unpaired) electrons. The lowest BCUT2D eigenvalue weighted by Gasteiger charge is -2.16. The van der Waals surface area contributed by atoms with Gasteiger partial charge in [0.2, 0.25) is 10.0 Å². The summed E-state index contributed by atoms with van der Waals surface area (Å²) in [5, 5.41) is 3.43. The number of benzene rings is 2. The molecule has 1 heterocycles. The van der Waals surface area contributed by atoms with E-state index in [0.717, 1.165) is 12.8 Å². The van der Waals surface area contributed by atoms with Crippen molar-refractivity contribution in [3.05, 3.63) is 52.5 Å². The van der Waals surface area contributed by atoms with Gasteiger partial charge in [0.05, 0.1) is 4.90 Å². The van der Waals surface area contributed by atoms with Gasteiger partial charge in [0.1, 0.15) is 5.75 Å². The number of hydrogen-bond donors (Lipinski definition) is 1. The van der Waals surface area contributed by atoms with Crippen LogP contribution in [-0.2, 0) is 14.8 Å². The van der Waals surface area contributed by atoms with Crippen molar-refractivity contribution in [2.24, 2.45) is 0 Å². The van der Waals surface area contributed by atoms with Crippen LogP contribution in [0.4, 0.5) is 5.69 Å². The van der Waals surface area contributed by atoms with E-state index in [1.165, 1.54) is 16.4 Å². The minimum Gasteiger partial charge on any atom is -0.484 e. The molecule has 0 saturated carbocycles. The first-order valence-corrected chi connectivity index (χ1v) is 10.5. The maximum absolute atomic E-state index is 12.6. The number of carbonyl (C=O) groups excluding carboxylic acids is 1. The quantitative estimate of drug-likeness (QED) is 0.758. The predicted molar refractivity (Wildman–Crippen MR) is 105 cm³/mol. The zero-order chi connectivity index (χ0) is 19.4. The Morgan fingerprint density at radius 2 is 1.74 bits per heavy atom. The van der Waals surface area contributed by atoms with Crippen LogP contribution in [0.25, 0.3) is 0 Å². The van der Waals surface area contributed by atoms with E-state index in [0.29, 0.717) is 34.6 Å². The molecule has 27 heavy (non-hydrogen) atoms. The van der Waals surface area contributed by atoms with Gasteiger partial charge in [0, 0.05) is 28.8 Å². The summed E-state index contributed by atoms with van der Waals surface area (Å²) in [5.74, 6) is -0.0603. The molecule has 2 aromatic carbocycles. The first kappa shape index (κ1) is 19.9. The Kier molecular flexibility index (Phi) is 6.26. The smallest absolute Gasteiger partial charge is 0.262 e. The van der Waals surface area contributed by atoms with E-state index in [1.807, 2.05) is 0 Å². The van der Waals surface area contributed by atoms with Crippen LogP contribution in [0, 0.1) is 0 Å². The minimum atomic E-state index is -3.54. The van der Waals surface area contributed by atoms with Crippen molar-refractivity contribution in [1.82, 2.24) is 4.31 Å². The number of nitrogens with one attached hydrogen (secondary N) is 1. The summed E-state index contributed by atoms with van der Waals surface area (Å²) in [6.45, 7) is 0.781. The third kappa shape index (κ3) is 5.13. The average molecular weight is 429 g/mol. The Morgan fingerprint density at radius 1 is 1.07 bits per heavy atom. The molecule has 1 amide bonds. The maximum atomic E-state index is 12.6. The molecule has 0 atom stereocenters. The summed E-state index contributed by atoms with van der Waals surface area (Å²) < 4.78 is 32.1. The van der Waals surface area contributed by atoms with Crippen LogP contribution in [0.5, 0.6) is 5.75 Å². The summed E-state index contributed by atoms with van der Waals surface area (Å²) in [7, 11) is -3.54. The maximum Gasteiger partial charge on any atom is 0.262 e. The van der Waals surface area contributed by atoms with Crippen molar-refractivity contribution < 1.29 is 17.9 Å². The molecule has 1 fully saturated rings. The molecule has 1 aliphatic rings. The van der Waals surface area contributed by atoms with E-state index in [9.17, 15) is 13.2 Å². The molecule has 0 aliphatic carbocycles. The highest BCUT2D eigenvalue weighted by Gasteiger charge is 2.27. The van der Waals surface area contributed by atoms with Crippen LogP contribution in [0.15, 0.2) is 47.4 Å². The molecule has 3 rings (SSSR count). The molecule has 0 spiro atoms. The SMILES string of the molecule is O=C(COc1cc(Cl)cc(Cl)c1)Nc1cccc(S(=O)(=O)N2CCCC2)c1. The van der Waals surface area contributed by atoms with Crippen molar-refractivity contribution in [3.63, 3.8) is 0 Å². The first-order valence-electron chi connectivity index (χ1n) is 8.33. The Morgan fingerprint density at radius 3 is 2.41 bits per heavy atom. The topological polar surface area (TPSA) is 75.7 Å². The zero-order valence-corrected chi connectivity index (χ0v) is 16.6. The lowest BCUT2D eigenvalue weighted by atomic mass is 10.3. The van der Waals surface area contributed by atoms with Crippen molar-refractivity contribution in [3.8, 4) is 5.75 Å². The van der Waals surface area contributed by atoms with Gasteiger partial charge >= 0.3 is 0 Å². The monoisotopic (exact) mass is 428 g/mol. The number of rotatable bonds is 6. The molecule has 0 aromatic heterocycles. The van der Waals surface area contributed by atoms with Gasteiger partial charge in [-0.1, -0.05) is 29.3 Å². The summed E-state index contributed by atoms with van der Waals surface area (Å²) in [4.78, 5) is 12.3. The fraction of sp³-hybridized carbons (Fsp3) is 0.278. The van der Waals surface area contributed by atoms with E-state index in [2.05, 4.69) is 5.32 Å². The number of anilines is 1. The summed E-state index contributed by atoms with van der Waals surface area (Å²) in [6.07, 6.45) is 1.72.